The van der Waals surface area contributed by atoms with Crippen LogP contribution in [0.3, 0.4) is 0 Å². The summed E-state index contributed by atoms with van der Waals surface area (Å²) >= 11 is 0. The van der Waals surface area contributed by atoms with Crippen molar-refractivity contribution in [1.29, 1.82) is 0 Å². The number of nitrogens with one attached hydrogen (secondary N) is 2. The summed E-state index contributed by atoms with van der Waals surface area (Å²) < 4.78 is 19.5. The molecular weight excluding hydrogens is 607 g/mol. The molecule has 0 saturated carbocycles. The SMILES string of the molecule is CN(C(=O)COC[C@H]1CCCN1)[C@H](Cc1ccc2ccccc2c1)C(=O)N(C)[C@H](Cc1ccc(F)cc1)C(=O)NCCc1ccccc1. The Balaban J connectivity index is 1.36. The van der Waals surface area contributed by atoms with E-state index in [4.69, 9.17) is 4.74 Å². The number of benzene rings is 4. The zero-order valence-electron chi connectivity index (χ0n) is 27.7. The number of ether oxygens (including phenoxy) is 1. The fourth-order valence-electron chi connectivity index (χ4n) is 6.17. The summed E-state index contributed by atoms with van der Waals surface area (Å²) in [5.41, 5.74) is 2.68. The molecule has 252 valence electrons. The zero-order valence-corrected chi connectivity index (χ0v) is 27.7. The van der Waals surface area contributed by atoms with Crippen LogP contribution in [0.4, 0.5) is 4.39 Å². The second-order valence-electron chi connectivity index (χ2n) is 12.5. The number of amides is 3. The van der Waals surface area contributed by atoms with Crippen molar-refractivity contribution in [1.82, 2.24) is 20.4 Å². The van der Waals surface area contributed by atoms with Crippen LogP contribution in [0.5, 0.6) is 0 Å². The Morgan fingerprint density at radius 3 is 2.25 bits per heavy atom. The van der Waals surface area contributed by atoms with E-state index in [1.165, 1.54) is 21.9 Å². The summed E-state index contributed by atoms with van der Waals surface area (Å²) in [6.45, 7) is 1.59. The van der Waals surface area contributed by atoms with Gasteiger partial charge in [-0.1, -0.05) is 84.9 Å². The Morgan fingerprint density at radius 2 is 1.52 bits per heavy atom. The van der Waals surface area contributed by atoms with Gasteiger partial charge in [0.2, 0.25) is 17.7 Å². The fourth-order valence-corrected chi connectivity index (χ4v) is 6.17. The largest absolute Gasteiger partial charge is 0.370 e. The van der Waals surface area contributed by atoms with Gasteiger partial charge in [-0.3, -0.25) is 14.4 Å². The number of rotatable bonds is 15. The van der Waals surface area contributed by atoms with E-state index in [2.05, 4.69) is 10.6 Å². The maximum atomic E-state index is 14.5. The standard InChI is InChI=1S/C39H45FN4O4/c1-43(37(45)27-48-26-34-13-8-21-41-34)36(25-30-14-17-31-11-6-7-12-32(31)23-30)39(47)44(2)35(24-29-15-18-33(40)19-16-29)38(46)42-22-20-28-9-4-3-5-10-28/h3-7,9-12,14-19,23,34-36,41H,8,13,20-22,24-27H2,1-2H3,(H,42,46)/t34-,35-,36-/m1/s1. The molecule has 1 fully saturated rings. The van der Waals surface area contributed by atoms with Crippen LogP contribution in [0.25, 0.3) is 10.8 Å². The normalized spacial score (nSPS) is 15.5. The van der Waals surface area contributed by atoms with Crippen LogP contribution < -0.4 is 10.6 Å². The Kier molecular flexibility index (Phi) is 12.3. The van der Waals surface area contributed by atoms with Crippen molar-refractivity contribution in [3.8, 4) is 0 Å². The number of carbonyl (C=O) groups excluding carboxylic acids is 3. The van der Waals surface area contributed by atoms with Gasteiger partial charge in [-0.2, -0.15) is 0 Å². The summed E-state index contributed by atoms with van der Waals surface area (Å²) in [4.78, 5) is 44.6. The van der Waals surface area contributed by atoms with Gasteiger partial charge in [0.25, 0.3) is 0 Å². The summed E-state index contributed by atoms with van der Waals surface area (Å²) in [7, 11) is 3.22. The third-order valence-electron chi connectivity index (χ3n) is 9.11. The molecule has 0 aromatic heterocycles. The monoisotopic (exact) mass is 652 g/mol. The number of halogens is 1. The lowest BCUT2D eigenvalue weighted by atomic mass is 9.98. The minimum Gasteiger partial charge on any atom is -0.370 e. The van der Waals surface area contributed by atoms with E-state index < -0.39 is 12.1 Å². The second kappa shape index (κ2) is 17.0. The van der Waals surface area contributed by atoms with Gasteiger partial charge in [-0.25, -0.2) is 4.39 Å². The summed E-state index contributed by atoms with van der Waals surface area (Å²) in [6.07, 6.45) is 3.14. The third kappa shape index (κ3) is 9.49. The van der Waals surface area contributed by atoms with E-state index in [-0.39, 0.29) is 49.0 Å². The van der Waals surface area contributed by atoms with Gasteiger partial charge in [-0.15, -0.1) is 0 Å². The van der Waals surface area contributed by atoms with E-state index in [9.17, 15) is 18.8 Å². The number of nitrogens with zero attached hydrogens (tertiary/aromatic N) is 2. The molecular formula is C39H45FN4O4. The lowest BCUT2D eigenvalue weighted by molar-refractivity contribution is -0.149. The number of hydrogen-bond donors (Lipinski definition) is 2. The summed E-state index contributed by atoms with van der Waals surface area (Å²) in [6, 6.07) is 28.2. The van der Waals surface area contributed by atoms with Crippen molar-refractivity contribution in [2.24, 2.45) is 0 Å². The van der Waals surface area contributed by atoms with E-state index in [0.717, 1.165) is 41.3 Å². The predicted molar refractivity (Wildman–Crippen MR) is 186 cm³/mol. The highest BCUT2D eigenvalue weighted by molar-refractivity contribution is 5.92. The van der Waals surface area contributed by atoms with Gasteiger partial charge in [0.15, 0.2) is 0 Å². The van der Waals surface area contributed by atoms with E-state index in [1.54, 1.807) is 26.2 Å². The minimum absolute atomic E-state index is 0.154. The van der Waals surface area contributed by atoms with Crippen LogP contribution in [-0.4, -0.2) is 86.0 Å². The zero-order chi connectivity index (χ0) is 33.9. The number of fused-ring (bicyclic) bond motifs is 1. The highest BCUT2D eigenvalue weighted by Gasteiger charge is 2.35. The summed E-state index contributed by atoms with van der Waals surface area (Å²) in [5.74, 6) is -1.39. The van der Waals surface area contributed by atoms with Crippen LogP contribution in [0, 0.1) is 5.82 Å². The van der Waals surface area contributed by atoms with Crippen LogP contribution in [0.1, 0.15) is 29.5 Å². The average Bonchev–Trinajstić information content (AvgIpc) is 3.63. The average molecular weight is 653 g/mol. The molecule has 1 saturated heterocycles. The van der Waals surface area contributed by atoms with Crippen molar-refractivity contribution in [2.75, 3.05) is 40.4 Å². The Hall–Kier alpha value is -4.60. The molecule has 3 amide bonds. The first kappa shape index (κ1) is 34.7. The van der Waals surface area contributed by atoms with E-state index in [0.29, 0.717) is 25.1 Å². The van der Waals surface area contributed by atoms with Gasteiger partial charge in [0.05, 0.1) is 6.61 Å². The van der Waals surface area contributed by atoms with Gasteiger partial charge in [0.1, 0.15) is 24.5 Å². The molecule has 1 heterocycles. The van der Waals surface area contributed by atoms with Gasteiger partial charge in [-0.05, 0) is 65.4 Å². The number of carbonyl (C=O) groups is 3. The fraction of sp³-hybridized carbons (Fsp3) is 0.359. The Bertz CT molecular complexity index is 1660. The van der Waals surface area contributed by atoms with E-state index >= 15 is 0 Å². The van der Waals surface area contributed by atoms with Crippen LogP contribution >= 0.6 is 0 Å². The quantitative estimate of drug-likeness (QED) is 0.197. The smallest absolute Gasteiger partial charge is 0.249 e. The molecule has 0 unspecified atom stereocenters. The van der Waals surface area contributed by atoms with Crippen molar-refractivity contribution in [3.05, 3.63) is 120 Å². The first-order valence-electron chi connectivity index (χ1n) is 16.7. The van der Waals surface area contributed by atoms with Gasteiger partial charge >= 0.3 is 0 Å². The molecule has 8 nitrogen and oxygen atoms in total. The Morgan fingerprint density at radius 1 is 0.833 bits per heavy atom. The maximum Gasteiger partial charge on any atom is 0.249 e. The Labute approximate surface area is 282 Å². The second-order valence-corrected chi connectivity index (χ2v) is 12.5. The molecule has 0 bridgehead atoms. The molecule has 0 radical (unpaired) electrons. The molecule has 1 aliphatic heterocycles. The molecule has 4 aromatic rings. The van der Waals surface area contributed by atoms with Crippen molar-refractivity contribution in [3.63, 3.8) is 0 Å². The molecule has 2 N–H and O–H groups in total. The number of hydrogen-bond acceptors (Lipinski definition) is 5. The van der Waals surface area contributed by atoms with Crippen LogP contribution in [0.2, 0.25) is 0 Å². The van der Waals surface area contributed by atoms with Crippen molar-refractivity contribution < 1.29 is 23.5 Å². The van der Waals surface area contributed by atoms with Gasteiger partial charge < -0.3 is 25.2 Å². The van der Waals surface area contributed by atoms with E-state index in [1.807, 2.05) is 72.8 Å². The van der Waals surface area contributed by atoms with Crippen molar-refractivity contribution in [2.45, 2.75) is 50.2 Å². The minimum atomic E-state index is -0.898. The summed E-state index contributed by atoms with van der Waals surface area (Å²) in [5, 5.41) is 8.47. The highest BCUT2D eigenvalue weighted by atomic mass is 19.1. The van der Waals surface area contributed by atoms with Gasteiger partial charge in [0, 0.05) is 39.5 Å². The predicted octanol–water partition coefficient (Wildman–Crippen LogP) is 4.55. The number of likely N-dealkylation sites (N-methyl/N-ethyl adjacent to an activating group) is 2. The molecule has 9 heteroatoms. The lowest BCUT2D eigenvalue weighted by Crippen LogP contribution is -2.56. The molecule has 4 aromatic carbocycles. The first-order valence-corrected chi connectivity index (χ1v) is 16.7. The molecule has 1 aliphatic rings. The maximum absolute atomic E-state index is 14.5. The van der Waals surface area contributed by atoms with Crippen LogP contribution in [-0.2, 0) is 38.4 Å². The highest BCUT2D eigenvalue weighted by Crippen LogP contribution is 2.20. The lowest BCUT2D eigenvalue weighted by Gasteiger charge is -2.34. The molecule has 5 rings (SSSR count). The molecule has 0 aliphatic carbocycles. The molecule has 3 atom stereocenters. The third-order valence-corrected chi connectivity index (χ3v) is 9.11. The molecule has 0 spiro atoms. The van der Waals surface area contributed by atoms with Crippen LogP contribution in [0.15, 0.2) is 97.1 Å². The topological polar surface area (TPSA) is 91.0 Å². The first-order chi connectivity index (χ1) is 23.3. The molecule has 48 heavy (non-hydrogen) atoms. The van der Waals surface area contributed by atoms with Crippen molar-refractivity contribution >= 4 is 28.5 Å².